The highest BCUT2D eigenvalue weighted by Gasteiger charge is 2.58. The molecule has 3 saturated heterocycles. The molecule has 1 aromatic carbocycles. The average Bonchev–Trinajstić information content (AvgIpc) is 3.07. The number of pyridine rings is 1. The lowest BCUT2D eigenvalue weighted by molar-refractivity contribution is -0.193. The molecular formula is C23H22FN3O6. The van der Waals surface area contributed by atoms with Gasteiger partial charge < -0.3 is 14.2 Å². The maximum Gasteiger partial charge on any atom is 0.421 e. The van der Waals surface area contributed by atoms with Crippen LogP contribution in [0.4, 0.5) is 10.2 Å². The molecule has 3 aliphatic heterocycles. The molecule has 0 aliphatic carbocycles. The Hall–Kier alpha value is -3.53. The van der Waals surface area contributed by atoms with Crippen LogP contribution in [0, 0.1) is 5.82 Å². The fourth-order valence-corrected chi connectivity index (χ4v) is 4.33. The number of carbonyl (C=O) groups is 3. The summed E-state index contributed by atoms with van der Waals surface area (Å²) in [6.07, 6.45) is 2.74. The molecule has 0 saturated carbocycles. The number of nitrogens with zero attached hydrogens (tertiary/aromatic N) is 3. The Bertz CT molecular complexity index is 1090. The summed E-state index contributed by atoms with van der Waals surface area (Å²) in [5.74, 6) is -4.47. The molecule has 9 nitrogen and oxygen atoms in total. The fraction of sp³-hybridized carbons (Fsp3) is 0.391. The van der Waals surface area contributed by atoms with Crippen molar-refractivity contribution >= 4 is 23.7 Å². The first-order chi connectivity index (χ1) is 15.9. The SMILES string of the molecule is O=C1OC2(CCCN(c3ncccc3CCN3CC(Oc4ccccc4F)C3)C2=O)OC1=O. The summed E-state index contributed by atoms with van der Waals surface area (Å²) in [6, 6.07) is 10.0. The maximum atomic E-state index is 13.7. The van der Waals surface area contributed by atoms with Crippen molar-refractivity contribution in [3.63, 3.8) is 0 Å². The van der Waals surface area contributed by atoms with E-state index in [9.17, 15) is 18.8 Å². The van der Waals surface area contributed by atoms with Crippen molar-refractivity contribution < 1.29 is 33.0 Å². The second-order valence-electron chi connectivity index (χ2n) is 8.26. The molecule has 4 heterocycles. The number of esters is 2. The van der Waals surface area contributed by atoms with Crippen LogP contribution in [0.1, 0.15) is 18.4 Å². The van der Waals surface area contributed by atoms with Crippen molar-refractivity contribution in [2.75, 3.05) is 31.1 Å². The predicted molar refractivity (Wildman–Crippen MR) is 112 cm³/mol. The van der Waals surface area contributed by atoms with E-state index in [-0.39, 0.29) is 24.1 Å². The number of carbonyl (C=O) groups excluding carboxylic acids is 3. The maximum absolute atomic E-state index is 13.7. The van der Waals surface area contributed by atoms with Gasteiger partial charge in [0, 0.05) is 38.8 Å². The summed E-state index contributed by atoms with van der Waals surface area (Å²) < 4.78 is 29.5. The first-order valence-electron chi connectivity index (χ1n) is 10.8. The van der Waals surface area contributed by atoms with Gasteiger partial charge in [-0.3, -0.25) is 14.6 Å². The molecule has 1 aromatic heterocycles. The number of hydrogen-bond donors (Lipinski definition) is 0. The van der Waals surface area contributed by atoms with Gasteiger partial charge in [0.2, 0.25) is 0 Å². The molecule has 172 valence electrons. The Balaban J connectivity index is 1.21. The van der Waals surface area contributed by atoms with E-state index in [4.69, 9.17) is 14.2 Å². The van der Waals surface area contributed by atoms with Crippen LogP contribution in [0.2, 0.25) is 0 Å². The van der Waals surface area contributed by atoms with E-state index < -0.39 is 23.6 Å². The number of ether oxygens (including phenoxy) is 3. The molecule has 0 N–H and O–H groups in total. The third-order valence-electron chi connectivity index (χ3n) is 6.01. The van der Waals surface area contributed by atoms with Crippen molar-refractivity contribution in [3.05, 3.63) is 54.0 Å². The highest BCUT2D eigenvalue weighted by atomic mass is 19.1. The first-order valence-corrected chi connectivity index (χ1v) is 10.8. The molecule has 3 aliphatic rings. The third-order valence-corrected chi connectivity index (χ3v) is 6.01. The Kier molecular flexibility index (Phi) is 5.45. The molecule has 10 heteroatoms. The Morgan fingerprint density at radius 3 is 2.61 bits per heavy atom. The van der Waals surface area contributed by atoms with E-state index in [0.29, 0.717) is 44.8 Å². The van der Waals surface area contributed by atoms with E-state index in [1.165, 1.54) is 11.0 Å². The topological polar surface area (TPSA) is 98.3 Å². The molecule has 3 fully saturated rings. The summed E-state index contributed by atoms with van der Waals surface area (Å²) in [7, 11) is 0. The van der Waals surface area contributed by atoms with E-state index in [1.807, 2.05) is 6.07 Å². The van der Waals surface area contributed by atoms with E-state index in [2.05, 4.69) is 9.88 Å². The largest absolute Gasteiger partial charge is 0.485 e. The van der Waals surface area contributed by atoms with Gasteiger partial charge in [-0.2, -0.15) is 0 Å². The number of likely N-dealkylation sites (tertiary alicyclic amines) is 1. The van der Waals surface area contributed by atoms with Gasteiger partial charge in [-0.25, -0.2) is 19.0 Å². The Morgan fingerprint density at radius 1 is 1.09 bits per heavy atom. The number of amides is 1. The number of halogens is 1. The van der Waals surface area contributed by atoms with Crippen molar-refractivity contribution in [1.29, 1.82) is 0 Å². The summed E-state index contributed by atoms with van der Waals surface area (Å²) in [4.78, 5) is 44.2. The van der Waals surface area contributed by atoms with Gasteiger partial charge in [0.15, 0.2) is 11.6 Å². The number of benzene rings is 1. The number of anilines is 1. The van der Waals surface area contributed by atoms with Crippen LogP contribution in [0.3, 0.4) is 0 Å². The van der Waals surface area contributed by atoms with Crippen molar-refractivity contribution in [2.45, 2.75) is 31.2 Å². The summed E-state index contributed by atoms with van der Waals surface area (Å²) in [6.45, 7) is 2.41. The highest BCUT2D eigenvalue weighted by molar-refractivity contribution is 6.32. The number of aromatic nitrogens is 1. The quantitative estimate of drug-likeness (QED) is 0.477. The normalized spacial score (nSPS) is 20.5. The zero-order valence-electron chi connectivity index (χ0n) is 17.7. The van der Waals surface area contributed by atoms with E-state index in [0.717, 1.165) is 5.56 Å². The Labute approximate surface area is 189 Å². The van der Waals surface area contributed by atoms with Gasteiger partial charge in [0.05, 0.1) is 0 Å². The number of piperidine rings is 1. The molecule has 5 rings (SSSR count). The van der Waals surface area contributed by atoms with Crippen LogP contribution in [0.25, 0.3) is 0 Å². The van der Waals surface area contributed by atoms with Gasteiger partial charge in [0.25, 0.3) is 0 Å². The standard InChI is InChI=1S/C23H22FN3O6/c24-17-6-1-2-7-18(17)31-16-13-26(14-16)12-8-15-5-3-10-25-19(15)27-11-4-9-23(22(27)30)32-20(28)21(29)33-23/h1-3,5-7,10,16H,4,8-9,11-14H2. The fourth-order valence-electron chi connectivity index (χ4n) is 4.33. The Morgan fingerprint density at radius 2 is 1.85 bits per heavy atom. The number of rotatable bonds is 6. The predicted octanol–water partition coefficient (Wildman–Crippen LogP) is 1.45. The summed E-state index contributed by atoms with van der Waals surface area (Å²) in [5.41, 5.74) is 0.844. The lowest BCUT2D eigenvalue weighted by atomic mass is 10.0. The average molecular weight is 455 g/mol. The van der Waals surface area contributed by atoms with Crippen LogP contribution >= 0.6 is 0 Å². The molecule has 0 radical (unpaired) electrons. The smallest absolute Gasteiger partial charge is 0.421 e. The van der Waals surface area contributed by atoms with Crippen LogP contribution in [-0.2, 0) is 30.3 Å². The minimum absolute atomic E-state index is 0.0782. The lowest BCUT2D eigenvalue weighted by Crippen LogP contribution is -2.55. The second-order valence-corrected chi connectivity index (χ2v) is 8.26. The van der Waals surface area contributed by atoms with Crippen LogP contribution in [0.5, 0.6) is 5.75 Å². The number of para-hydroxylation sites is 1. The zero-order chi connectivity index (χ0) is 23.0. The molecule has 0 atom stereocenters. The van der Waals surface area contributed by atoms with E-state index >= 15 is 0 Å². The zero-order valence-corrected chi connectivity index (χ0v) is 17.7. The van der Waals surface area contributed by atoms with Gasteiger partial charge in [0.1, 0.15) is 11.9 Å². The van der Waals surface area contributed by atoms with Crippen molar-refractivity contribution in [3.8, 4) is 5.75 Å². The minimum atomic E-state index is -1.89. The van der Waals surface area contributed by atoms with Crippen LogP contribution in [0.15, 0.2) is 42.6 Å². The van der Waals surface area contributed by atoms with Gasteiger partial charge in [-0.05, 0) is 36.6 Å². The molecule has 33 heavy (non-hydrogen) atoms. The number of hydrogen-bond acceptors (Lipinski definition) is 8. The van der Waals surface area contributed by atoms with Crippen LogP contribution in [-0.4, -0.2) is 65.8 Å². The highest BCUT2D eigenvalue weighted by Crippen LogP contribution is 2.35. The monoisotopic (exact) mass is 455 g/mol. The summed E-state index contributed by atoms with van der Waals surface area (Å²) >= 11 is 0. The van der Waals surface area contributed by atoms with Gasteiger partial charge >= 0.3 is 23.6 Å². The third kappa shape index (κ3) is 4.02. The molecular weight excluding hydrogens is 433 g/mol. The van der Waals surface area contributed by atoms with Crippen LogP contribution < -0.4 is 9.64 Å². The molecule has 0 bridgehead atoms. The van der Waals surface area contributed by atoms with E-state index in [1.54, 1.807) is 30.5 Å². The van der Waals surface area contributed by atoms with Crippen molar-refractivity contribution in [1.82, 2.24) is 9.88 Å². The van der Waals surface area contributed by atoms with Gasteiger partial charge in [-0.1, -0.05) is 18.2 Å². The molecule has 1 spiro atoms. The van der Waals surface area contributed by atoms with Crippen molar-refractivity contribution in [2.24, 2.45) is 0 Å². The second kappa shape index (κ2) is 8.43. The van der Waals surface area contributed by atoms with Gasteiger partial charge in [-0.15, -0.1) is 0 Å². The molecule has 1 amide bonds. The summed E-state index contributed by atoms with van der Waals surface area (Å²) in [5, 5.41) is 0. The lowest BCUT2D eigenvalue weighted by Gasteiger charge is -2.39. The first kappa shape index (κ1) is 21.3. The molecule has 0 unspecified atom stereocenters. The minimum Gasteiger partial charge on any atom is -0.485 e. The molecule has 2 aromatic rings.